The van der Waals surface area contributed by atoms with Crippen LogP contribution < -0.4 is 16.3 Å². The van der Waals surface area contributed by atoms with Crippen molar-refractivity contribution in [1.29, 1.82) is 0 Å². The third-order valence-corrected chi connectivity index (χ3v) is 8.70. The monoisotopic (exact) mass is 494 g/mol. The molecule has 13 heteroatoms. The maximum absolute atomic E-state index is 13.1. The van der Waals surface area contributed by atoms with Crippen molar-refractivity contribution in [2.75, 3.05) is 18.6 Å². The van der Waals surface area contributed by atoms with Gasteiger partial charge in [0.15, 0.2) is 17.3 Å². The zero-order valence-corrected chi connectivity index (χ0v) is 21.0. The lowest BCUT2D eigenvalue weighted by molar-refractivity contribution is -0.0333. The third kappa shape index (κ3) is 6.68. The van der Waals surface area contributed by atoms with Gasteiger partial charge in [-0.1, -0.05) is 47.5 Å². The van der Waals surface area contributed by atoms with E-state index in [9.17, 15) is 18.4 Å². The number of aromatic amines is 1. The molecule has 2 saturated heterocycles. The molecular weight excluding hydrogens is 459 g/mol. The number of aromatic nitrogens is 3. The normalized spacial score (nSPS) is 30.4. The molecule has 1 aromatic rings. The van der Waals surface area contributed by atoms with Crippen LogP contribution in [0.3, 0.4) is 0 Å². The third-order valence-electron chi connectivity index (χ3n) is 5.64. The summed E-state index contributed by atoms with van der Waals surface area (Å²) in [4.78, 5) is 25.4. The van der Waals surface area contributed by atoms with Crippen LogP contribution in [-0.2, 0) is 29.1 Å². The van der Waals surface area contributed by atoms with Gasteiger partial charge in [-0.05, 0) is 12.3 Å². The summed E-state index contributed by atoms with van der Waals surface area (Å²) in [5.41, 5.74) is -1.27. The van der Waals surface area contributed by atoms with Gasteiger partial charge in [-0.25, -0.2) is 14.1 Å². The van der Waals surface area contributed by atoms with E-state index in [2.05, 4.69) is 29.0 Å². The molecule has 2 fully saturated rings. The van der Waals surface area contributed by atoms with Gasteiger partial charge in [0, 0.05) is 12.1 Å². The highest BCUT2D eigenvalue weighted by Crippen LogP contribution is 2.54. The first kappa shape index (κ1) is 27.1. The van der Waals surface area contributed by atoms with Crippen LogP contribution in [0.2, 0.25) is 0 Å². The average molecular weight is 495 g/mol. The van der Waals surface area contributed by atoms with Crippen LogP contribution >= 0.6 is 7.52 Å². The lowest BCUT2D eigenvalue weighted by Crippen LogP contribution is -2.38. The van der Waals surface area contributed by atoms with Crippen LogP contribution in [0, 0.1) is 11.8 Å². The summed E-state index contributed by atoms with van der Waals surface area (Å²) in [6, 6.07) is 0. The van der Waals surface area contributed by atoms with Crippen LogP contribution in [0.4, 0.5) is 0 Å². The van der Waals surface area contributed by atoms with Gasteiger partial charge >= 0.3 is 5.69 Å². The van der Waals surface area contributed by atoms with Crippen molar-refractivity contribution in [2.45, 2.75) is 72.3 Å². The second kappa shape index (κ2) is 12.3. The predicted octanol–water partition coefficient (Wildman–Crippen LogP) is 2.14. The van der Waals surface area contributed by atoms with Crippen LogP contribution in [0.5, 0.6) is 0 Å². The molecule has 32 heavy (non-hydrogen) atoms. The lowest BCUT2D eigenvalue weighted by Gasteiger charge is -2.32. The molecule has 0 saturated carbocycles. The first-order valence-corrected chi connectivity index (χ1v) is 14.2. The van der Waals surface area contributed by atoms with Crippen LogP contribution in [0.1, 0.15) is 60.1 Å². The molecule has 6 atom stereocenters. The van der Waals surface area contributed by atoms with E-state index in [-0.39, 0.29) is 24.1 Å². The molecule has 0 amide bonds. The topological polar surface area (TPSA) is 142 Å². The standard InChI is InChI=1S/C17H29N4O7PS.C2H6/c1-4-12(5-2)9-26-30(25)10-19-29(24)7-6-13-15(28-29)11(3)16(27-13)21-17(23)20-14(22)8-18-21;1-2/h8,11-13,15-16H,4-7,9-10H2,1-3H3,(H,19,24)(H,20,22,23);1-2H3/t11-,13-,15+,16-,29?,30?;/m1./s1. The van der Waals surface area contributed by atoms with E-state index in [4.69, 9.17) is 13.4 Å². The molecule has 3 heterocycles. The molecule has 0 aromatic carbocycles. The Morgan fingerprint density at radius 1 is 1.38 bits per heavy atom. The number of ether oxygens (including phenoxy) is 1. The summed E-state index contributed by atoms with van der Waals surface area (Å²) in [7, 11) is -3.24. The summed E-state index contributed by atoms with van der Waals surface area (Å²) < 4.78 is 43.4. The van der Waals surface area contributed by atoms with E-state index in [0.717, 1.165) is 23.7 Å². The Morgan fingerprint density at radius 2 is 2.06 bits per heavy atom. The molecule has 1 aromatic heterocycles. The highest BCUT2D eigenvalue weighted by molar-refractivity contribution is 7.80. The van der Waals surface area contributed by atoms with E-state index >= 15 is 0 Å². The predicted molar refractivity (Wildman–Crippen MR) is 122 cm³/mol. The van der Waals surface area contributed by atoms with Crippen molar-refractivity contribution in [3.63, 3.8) is 0 Å². The zero-order chi connectivity index (χ0) is 23.9. The molecule has 0 spiro atoms. The van der Waals surface area contributed by atoms with Gasteiger partial charge in [-0.2, -0.15) is 9.78 Å². The van der Waals surface area contributed by atoms with Gasteiger partial charge in [-0.15, -0.1) is 0 Å². The molecule has 184 valence electrons. The van der Waals surface area contributed by atoms with Gasteiger partial charge in [0.2, 0.25) is 0 Å². The van der Waals surface area contributed by atoms with Crippen LogP contribution in [0.25, 0.3) is 0 Å². The molecule has 0 radical (unpaired) electrons. The molecule has 3 rings (SSSR count). The minimum atomic E-state index is -3.24. The molecule has 11 nitrogen and oxygen atoms in total. The van der Waals surface area contributed by atoms with Crippen molar-refractivity contribution < 1.29 is 22.2 Å². The van der Waals surface area contributed by atoms with Gasteiger partial charge in [0.05, 0.1) is 18.8 Å². The van der Waals surface area contributed by atoms with E-state index in [1.165, 1.54) is 0 Å². The van der Waals surface area contributed by atoms with Crippen LogP contribution in [0.15, 0.2) is 15.8 Å². The highest BCUT2D eigenvalue weighted by atomic mass is 32.2. The minimum Gasteiger partial charge on any atom is -0.350 e. The summed E-state index contributed by atoms with van der Waals surface area (Å²) in [6.07, 6.45) is 1.93. The first-order valence-electron chi connectivity index (χ1n) is 11.1. The van der Waals surface area contributed by atoms with Crippen molar-refractivity contribution in [2.24, 2.45) is 11.8 Å². The second-order valence-electron chi connectivity index (χ2n) is 7.64. The molecule has 2 unspecified atom stereocenters. The Labute approximate surface area is 190 Å². The van der Waals surface area contributed by atoms with Crippen molar-refractivity contribution in [3.05, 3.63) is 27.0 Å². The Balaban J connectivity index is 0.00000176. The summed E-state index contributed by atoms with van der Waals surface area (Å²) >= 11 is -1.61. The zero-order valence-electron chi connectivity index (χ0n) is 19.3. The number of H-pyrrole nitrogens is 1. The van der Waals surface area contributed by atoms with Crippen molar-refractivity contribution in [3.8, 4) is 0 Å². The first-order chi connectivity index (χ1) is 15.3. The molecule has 2 aliphatic heterocycles. The Hall–Kier alpha value is -1.17. The Bertz CT molecular complexity index is 919. The average Bonchev–Trinajstić information content (AvgIpc) is 3.10. The second-order valence-corrected chi connectivity index (χ2v) is 11.1. The van der Waals surface area contributed by atoms with E-state index in [1.54, 1.807) is 6.92 Å². The van der Waals surface area contributed by atoms with E-state index < -0.39 is 42.2 Å². The summed E-state index contributed by atoms with van der Waals surface area (Å²) in [5.74, 6) is -0.0813. The van der Waals surface area contributed by atoms with Crippen molar-refractivity contribution in [1.82, 2.24) is 19.9 Å². The Kier molecular flexibility index (Phi) is 10.4. The fraction of sp³-hybridized carbons (Fsp3) is 0.842. The van der Waals surface area contributed by atoms with Gasteiger partial charge in [-0.3, -0.25) is 18.5 Å². The number of nitrogens with zero attached hydrogens (tertiary/aromatic N) is 2. The minimum absolute atomic E-state index is 0.0889. The quantitative estimate of drug-likeness (QED) is 0.494. The number of nitrogens with one attached hydrogen (secondary N) is 2. The molecule has 2 N–H and O–H groups in total. The molecule has 0 aliphatic carbocycles. The smallest absolute Gasteiger partial charge is 0.347 e. The Morgan fingerprint density at radius 3 is 2.69 bits per heavy atom. The summed E-state index contributed by atoms with van der Waals surface area (Å²) in [6.45, 7) is 10.3. The van der Waals surface area contributed by atoms with Gasteiger partial charge < -0.3 is 9.26 Å². The fourth-order valence-electron chi connectivity index (χ4n) is 3.65. The highest BCUT2D eigenvalue weighted by Gasteiger charge is 2.50. The van der Waals surface area contributed by atoms with Gasteiger partial charge in [0.1, 0.15) is 12.1 Å². The maximum atomic E-state index is 13.1. The summed E-state index contributed by atoms with van der Waals surface area (Å²) in [5, 5.41) is 6.64. The number of fused-ring (bicyclic) bond motifs is 1. The molecule has 0 bridgehead atoms. The van der Waals surface area contributed by atoms with E-state index in [0.29, 0.717) is 18.9 Å². The maximum Gasteiger partial charge on any atom is 0.347 e. The molecule has 2 aliphatic rings. The largest absolute Gasteiger partial charge is 0.350 e. The van der Waals surface area contributed by atoms with Gasteiger partial charge in [0.25, 0.3) is 13.1 Å². The number of hydrogen-bond donors (Lipinski definition) is 2. The SMILES string of the molecule is CC.CCC(CC)COS(=O)CNP1(=O)CC[C@H]2O[C@@H](n3ncc(=O)[nH]c3=O)[C@H](C)[C@@H]2O1. The number of rotatable bonds is 9. The number of hydrogen-bond acceptors (Lipinski definition) is 8. The van der Waals surface area contributed by atoms with E-state index in [1.807, 2.05) is 13.8 Å². The fourth-order valence-corrected chi connectivity index (χ4v) is 6.94. The van der Waals surface area contributed by atoms with Crippen molar-refractivity contribution >= 4 is 18.6 Å². The molecular formula is C19H35N4O7PS. The van der Waals surface area contributed by atoms with Crippen LogP contribution in [-0.4, -0.2) is 49.8 Å². The lowest BCUT2D eigenvalue weighted by atomic mass is 10.0.